The molecular formula is C15H17N3O3. The number of aryl methyl sites for hydroxylation is 2. The highest BCUT2D eigenvalue weighted by molar-refractivity contribution is 5.86. The molecule has 1 aliphatic carbocycles. The van der Waals surface area contributed by atoms with Crippen molar-refractivity contribution in [2.75, 3.05) is 7.11 Å². The summed E-state index contributed by atoms with van der Waals surface area (Å²) in [6.07, 6.45) is 2.83. The first-order valence-electron chi connectivity index (χ1n) is 6.98. The van der Waals surface area contributed by atoms with Crippen molar-refractivity contribution < 1.29 is 14.6 Å². The molecular weight excluding hydrogens is 270 g/mol. The molecule has 6 heteroatoms. The monoisotopic (exact) mass is 287 g/mol. The summed E-state index contributed by atoms with van der Waals surface area (Å²) in [4.78, 5) is 11.2. The van der Waals surface area contributed by atoms with E-state index in [1.54, 1.807) is 11.8 Å². The number of aromatic carboxylic acids is 1. The van der Waals surface area contributed by atoms with Gasteiger partial charge in [0, 0.05) is 12.5 Å². The fourth-order valence-corrected chi connectivity index (χ4v) is 2.43. The number of carboxylic acids is 1. The van der Waals surface area contributed by atoms with Crippen molar-refractivity contribution in [3.05, 3.63) is 41.2 Å². The number of hydrogen-bond donors (Lipinski definition) is 1. The zero-order chi connectivity index (χ0) is 14.8. The van der Waals surface area contributed by atoms with Gasteiger partial charge in [-0.25, -0.2) is 9.48 Å². The van der Waals surface area contributed by atoms with Crippen LogP contribution in [-0.4, -0.2) is 33.2 Å². The molecule has 0 bridgehead atoms. The van der Waals surface area contributed by atoms with Crippen LogP contribution in [0.2, 0.25) is 0 Å². The summed E-state index contributed by atoms with van der Waals surface area (Å²) in [5, 5.41) is 17.0. The molecule has 0 radical (unpaired) electrons. The Kier molecular flexibility index (Phi) is 3.60. The summed E-state index contributed by atoms with van der Waals surface area (Å²) >= 11 is 0. The van der Waals surface area contributed by atoms with Crippen LogP contribution in [0.5, 0.6) is 5.75 Å². The Bertz CT molecular complexity index is 645. The number of hydrogen-bond acceptors (Lipinski definition) is 4. The number of carboxylic acid groups (broad SMARTS) is 1. The molecule has 0 unspecified atom stereocenters. The minimum absolute atomic E-state index is 0.104. The van der Waals surface area contributed by atoms with Gasteiger partial charge in [0.2, 0.25) is 0 Å². The SMILES string of the molecule is COc1ccc(CCn2nnc(C(=O)O)c2C2CC2)cc1. The molecule has 1 aliphatic rings. The van der Waals surface area contributed by atoms with Gasteiger partial charge in [-0.15, -0.1) is 5.10 Å². The van der Waals surface area contributed by atoms with Crippen molar-refractivity contribution in [1.29, 1.82) is 0 Å². The van der Waals surface area contributed by atoms with Gasteiger partial charge in [0.05, 0.1) is 12.8 Å². The molecule has 1 aromatic carbocycles. The lowest BCUT2D eigenvalue weighted by atomic mass is 10.1. The minimum Gasteiger partial charge on any atom is -0.497 e. The fraction of sp³-hybridized carbons (Fsp3) is 0.400. The smallest absolute Gasteiger partial charge is 0.358 e. The van der Waals surface area contributed by atoms with E-state index in [-0.39, 0.29) is 5.69 Å². The van der Waals surface area contributed by atoms with Crippen LogP contribution in [0.25, 0.3) is 0 Å². The van der Waals surface area contributed by atoms with Crippen LogP contribution in [0.4, 0.5) is 0 Å². The van der Waals surface area contributed by atoms with E-state index >= 15 is 0 Å². The van der Waals surface area contributed by atoms with Crippen LogP contribution in [0.15, 0.2) is 24.3 Å². The molecule has 110 valence electrons. The van der Waals surface area contributed by atoms with E-state index in [4.69, 9.17) is 9.84 Å². The van der Waals surface area contributed by atoms with Gasteiger partial charge in [0.1, 0.15) is 5.75 Å². The molecule has 2 aromatic rings. The molecule has 21 heavy (non-hydrogen) atoms. The molecule has 0 aliphatic heterocycles. The van der Waals surface area contributed by atoms with Crippen LogP contribution < -0.4 is 4.74 Å². The highest BCUT2D eigenvalue weighted by atomic mass is 16.5. The normalized spacial score (nSPS) is 14.1. The molecule has 3 rings (SSSR count). The summed E-state index contributed by atoms with van der Waals surface area (Å²) in [5.74, 6) is 0.140. The Morgan fingerprint density at radius 1 is 1.38 bits per heavy atom. The molecule has 1 aromatic heterocycles. The first-order chi connectivity index (χ1) is 10.2. The van der Waals surface area contributed by atoms with Crippen LogP contribution in [0.1, 0.15) is 40.5 Å². The van der Waals surface area contributed by atoms with Crippen molar-refractivity contribution in [2.45, 2.75) is 31.7 Å². The molecule has 1 N–H and O–H groups in total. The van der Waals surface area contributed by atoms with E-state index in [1.165, 1.54) is 0 Å². The van der Waals surface area contributed by atoms with Gasteiger partial charge in [-0.3, -0.25) is 0 Å². The first kappa shape index (κ1) is 13.6. The quantitative estimate of drug-likeness (QED) is 0.880. The summed E-state index contributed by atoms with van der Waals surface area (Å²) in [7, 11) is 1.64. The molecule has 0 spiro atoms. The summed E-state index contributed by atoms with van der Waals surface area (Å²) in [6.45, 7) is 0.637. The second-order valence-corrected chi connectivity index (χ2v) is 5.22. The average molecular weight is 287 g/mol. The van der Waals surface area contributed by atoms with Crippen LogP contribution in [0, 0.1) is 0 Å². The molecule has 0 amide bonds. The van der Waals surface area contributed by atoms with E-state index in [1.807, 2.05) is 24.3 Å². The maximum atomic E-state index is 11.2. The second kappa shape index (κ2) is 5.55. The highest BCUT2D eigenvalue weighted by Gasteiger charge is 2.33. The summed E-state index contributed by atoms with van der Waals surface area (Å²) in [5.41, 5.74) is 2.04. The maximum Gasteiger partial charge on any atom is 0.358 e. The zero-order valence-corrected chi connectivity index (χ0v) is 11.8. The Labute approximate surface area is 122 Å². The molecule has 0 atom stereocenters. The number of aromatic nitrogens is 3. The largest absolute Gasteiger partial charge is 0.497 e. The van der Waals surface area contributed by atoms with Gasteiger partial charge in [0.25, 0.3) is 0 Å². The zero-order valence-electron chi connectivity index (χ0n) is 11.8. The predicted molar refractivity (Wildman–Crippen MR) is 75.7 cm³/mol. The molecule has 1 heterocycles. The van der Waals surface area contributed by atoms with E-state index in [9.17, 15) is 4.79 Å². The Hall–Kier alpha value is -2.37. The Morgan fingerprint density at radius 3 is 2.67 bits per heavy atom. The van der Waals surface area contributed by atoms with Gasteiger partial charge in [0.15, 0.2) is 5.69 Å². The third kappa shape index (κ3) is 2.89. The third-order valence-electron chi connectivity index (χ3n) is 3.71. The van der Waals surface area contributed by atoms with E-state index in [2.05, 4.69) is 10.3 Å². The fourth-order valence-electron chi connectivity index (χ4n) is 2.43. The molecule has 6 nitrogen and oxygen atoms in total. The van der Waals surface area contributed by atoms with Crippen LogP contribution >= 0.6 is 0 Å². The Balaban J connectivity index is 1.74. The minimum atomic E-state index is -0.993. The lowest BCUT2D eigenvalue weighted by Gasteiger charge is -2.07. The number of ether oxygens (including phenoxy) is 1. The molecule has 1 saturated carbocycles. The molecule has 0 saturated heterocycles. The standard InChI is InChI=1S/C15H17N3O3/c1-21-12-6-2-10(3-7-12)8-9-18-14(11-4-5-11)13(15(19)20)16-17-18/h2-3,6-7,11H,4-5,8-9H2,1H3,(H,19,20). The predicted octanol–water partition coefficient (Wildman–Crippen LogP) is 2.10. The van der Waals surface area contributed by atoms with Crippen molar-refractivity contribution >= 4 is 5.97 Å². The van der Waals surface area contributed by atoms with Crippen LogP contribution in [0.3, 0.4) is 0 Å². The first-order valence-corrected chi connectivity index (χ1v) is 6.98. The van der Waals surface area contributed by atoms with Crippen molar-refractivity contribution in [3.63, 3.8) is 0 Å². The van der Waals surface area contributed by atoms with Crippen molar-refractivity contribution in [1.82, 2.24) is 15.0 Å². The lowest BCUT2D eigenvalue weighted by molar-refractivity contribution is 0.0689. The van der Waals surface area contributed by atoms with Crippen molar-refractivity contribution in [2.24, 2.45) is 0 Å². The molecule has 1 fully saturated rings. The van der Waals surface area contributed by atoms with Crippen LogP contribution in [-0.2, 0) is 13.0 Å². The van der Waals surface area contributed by atoms with Crippen molar-refractivity contribution in [3.8, 4) is 5.75 Å². The Morgan fingerprint density at radius 2 is 2.10 bits per heavy atom. The number of rotatable bonds is 6. The topological polar surface area (TPSA) is 77.2 Å². The average Bonchev–Trinajstić information content (AvgIpc) is 3.25. The highest BCUT2D eigenvalue weighted by Crippen LogP contribution is 2.41. The van der Waals surface area contributed by atoms with E-state index in [0.717, 1.165) is 36.3 Å². The number of benzene rings is 1. The third-order valence-corrected chi connectivity index (χ3v) is 3.71. The van der Waals surface area contributed by atoms with Gasteiger partial charge in [-0.2, -0.15) is 0 Å². The van der Waals surface area contributed by atoms with Gasteiger partial charge in [-0.05, 0) is 37.0 Å². The van der Waals surface area contributed by atoms with Gasteiger partial charge in [-0.1, -0.05) is 17.3 Å². The van der Waals surface area contributed by atoms with E-state index in [0.29, 0.717) is 12.5 Å². The van der Waals surface area contributed by atoms with Gasteiger partial charge < -0.3 is 9.84 Å². The number of nitrogens with zero attached hydrogens (tertiary/aromatic N) is 3. The summed E-state index contributed by atoms with van der Waals surface area (Å²) < 4.78 is 6.87. The second-order valence-electron chi connectivity index (χ2n) is 5.22. The van der Waals surface area contributed by atoms with E-state index < -0.39 is 5.97 Å². The lowest BCUT2D eigenvalue weighted by Crippen LogP contribution is -2.09. The maximum absolute atomic E-state index is 11.2. The number of carbonyl (C=O) groups is 1. The number of methoxy groups -OCH3 is 1. The summed E-state index contributed by atoms with van der Waals surface area (Å²) in [6, 6.07) is 7.84. The van der Waals surface area contributed by atoms with Gasteiger partial charge >= 0.3 is 5.97 Å².